The molecule has 2 amide bonds. The van der Waals surface area contributed by atoms with Crippen molar-refractivity contribution in [2.24, 2.45) is 7.05 Å². The number of carbonyl (C=O) groups is 2. The second-order valence-electron chi connectivity index (χ2n) is 7.63. The highest BCUT2D eigenvalue weighted by Gasteiger charge is 2.16. The largest absolute Gasteiger partial charge is 0.345 e. The number of anilines is 1. The standard InChI is InChI=1S/C22H18N8O6S2/c1-28-18(10-23-20(32)14-5-3-7-16(9-14)30(35)36)26-27-22(28)38-12-19(31)25-21-24-17(11-37-21)13-4-2-6-15(8-13)29(33)34/h2-9,11H,10,12H2,1H3,(H,23,32)(H,24,25,31). The zero-order chi connectivity index (χ0) is 27.2. The third kappa shape index (κ3) is 6.34. The molecule has 2 aromatic carbocycles. The highest BCUT2D eigenvalue weighted by atomic mass is 32.2. The number of hydrogen-bond acceptors (Lipinski definition) is 11. The van der Waals surface area contributed by atoms with Crippen LogP contribution in [0.5, 0.6) is 0 Å². The van der Waals surface area contributed by atoms with Crippen LogP contribution in [-0.2, 0) is 18.4 Å². The Balaban J connectivity index is 1.30. The number of hydrogen-bond donors (Lipinski definition) is 2. The van der Waals surface area contributed by atoms with E-state index in [-0.39, 0.29) is 35.1 Å². The van der Waals surface area contributed by atoms with Gasteiger partial charge in [0.25, 0.3) is 17.3 Å². The molecule has 0 fully saturated rings. The number of amides is 2. The lowest BCUT2D eigenvalue weighted by Gasteiger charge is -2.06. The molecule has 0 aliphatic rings. The fraction of sp³-hybridized carbons (Fsp3) is 0.136. The van der Waals surface area contributed by atoms with E-state index in [4.69, 9.17) is 0 Å². The minimum absolute atomic E-state index is 0.0116. The summed E-state index contributed by atoms with van der Waals surface area (Å²) in [5.74, 6) is -0.401. The Morgan fingerprint density at radius 2 is 1.76 bits per heavy atom. The Bertz CT molecular complexity index is 1540. The summed E-state index contributed by atoms with van der Waals surface area (Å²) < 4.78 is 1.62. The molecule has 4 aromatic rings. The van der Waals surface area contributed by atoms with Gasteiger partial charge in [-0.3, -0.25) is 29.8 Å². The van der Waals surface area contributed by atoms with E-state index in [1.165, 1.54) is 47.7 Å². The van der Waals surface area contributed by atoms with Crippen molar-refractivity contribution in [2.45, 2.75) is 11.7 Å². The highest BCUT2D eigenvalue weighted by molar-refractivity contribution is 7.99. The van der Waals surface area contributed by atoms with Crippen LogP contribution in [0.2, 0.25) is 0 Å². The number of thiazole rings is 1. The summed E-state index contributed by atoms with van der Waals surface area (Å²) in [5, 5.41) is 37.8. The molecule has 0 saturated carbocycles. The molecule has 0 bridgehead atoms. The quantitative estimate of drug-likeness (QED) is 0.167. The van der Waals surface area contributed by atoms with Gasteiger partial charge < -0.3 is 15.2 Å². The van der Waals surface area contributed by atoms with Gasteiger partial charge in [-0.2, -0.15) is 0 Å². The molecule has 2 N–H and O–H groups in total. The zero-order valence-corrected chi connectivity index (χ0v) is 21.2. The lowest BCUT2D eigenvalue weighted by atomic mass is 10.1. The molecule has 4 rings (SSSR count). The maximum atomic E-state index is 12.4. The monoisotopic (exact) mass is 554 g/mol. The van der Waals surface area contributed by atoms with Crippen LogP contribution in [0.1, 0.15) is 16.2 Å². The smallest absolute Gasteiger partial charge is 0.270 e. The number of benzene rings is 2. The van der Waals surface area contributed by atoms with Crippen molar-refractivity contribution in [1.82, 2.24) is 25.1 Å². The topological polar surface area (TPSA) is 188 Å². The van der Waals surface area contributed by atoms with Crippen LogP contribution in [0.15, 0.2) is 59.1 Å². The number of nitro groups is 2. The van der Waals surface area contributed by atoms with Crippen LogP contribution < -0.4 is 10.6 Å². The number of nitrogens with zero attached hydrogens (tertiary/aromatic N) is 6. The average molecular weight is 555 g/mol. The second-order valence-corrected chi connectivity index (χ2v) is 9.43. The molecule has 0 saturated heterocycles. The molecule has 2 aromatic heterocycles. The number of aromatic nitrogens is 4. The lowest BCUT2D eigenvalue weighted by molar-refractivity contribution is -0.385. The molecular formula is C22H18N8O6S2. The van der Waals surface area contributed by atoms with Crippen molar-refractivity contribution in [3.05, 3.63) is 85.5 Å². The Morgan fingerprint density at radius 3 is 2.50 bits per heavy atom. The van der Waals surface area contributed by atoms with E-state index < -0.39 is 15.8 Å². The molecule has 0 radical (unpaired) electrons. The summed E-state index contributed by atoms with van der Waals surface area (Å²) in [5.41, 5.74) is 0.972. The van der Waals surface area contributed by atoms with Crippen molar-refractivity contribution in [3.8, 4) is 11.3 Å². The van der Waals surface area contributed by atoms with Gasteiger partial charge in [0, 0.05) is 47.8 Å². The van der Waals surface area contributed by atoms with Crippen LogP contribution >= 0.6 is 23.1 Å². The number of rotatable bonds is 10. The molecular weight excluding hydrogens is 536 g/mol. The number of non-ortho nitro benzene ring substituents is 2. The van der Waals surface area contributed by atoms with Gasteiger partial charge in [-0.05, 0) is 6.07 Å². The number of nitro benzene ring substituents is 2. The van der Waals surface area contributed by atoms with E-state index in [0.29, 0.717) is 27.4 Å². The number of carbonyl (C=O) groups excluding carboxylic acids is 2. The predicted octanol–water partition coefficient (Wildman–Crippen LogP) is 3.42. The molecule has 16 heteroatoms. The van der Waals surface area contributed by atoms with E-state index in [1.54, 1.807) is 29.1 Å². The van der Waals surface area contributed by atoms with E-state index in [2.05, 4.69) is 25.8 Å². The van der Waals surface area contributed by atoms with Crippen molar-refractivity contribution < 1.29 is 19.4 Å². The first-order chi connectivity index (χ1) is 18.2. The van der Waals surface area contributed by atoms with Crippen LogP contribution in [0.3, 0.4) is 0 Å². The Kier molecular flexibility index (Phi) is 8.03. The molecule has 0 spiro atoms. The van der Waals surface area contributed by atoms with Crippen molar-refractivity contribution in [2.75, 3.05) is 11.1 Å². The first kappa shape index (κ1) is 26.4. The Morgan fingerprint density at radius 1 is 1.05 bits per heavy atom. The molecule has 38 heavy (non-hydrogen) atoms. The zero-order valence-electron chi connectivity index (χ0n) is 19.6. The van der Waals surface area contributed by atoms with Gasteiger partial charge in [0.15, 0.2) is 16.1 Å². The predicted molar refractivity (Wildman–Crippen MR) is 139 cm³/mol. The summed E-state index contributed by atoms with van der Waals surface area (Å²) in [6.45, 7) is 0.0251. The van der Waals surface area contributed by atoms with Gasteiger partial charge in [-0.15, -0.1) is 21.5 Å². The van der Waals surface area contributed by atoms with Crippen molar-refractivity contribution >= 4 is 51.4 Å². The first-order valence-corrected chi connectivity index (χ1v) is 12.6. The van der Waals surface area contributed by atoms with Crippen LogP contribution in [0.4, 0.5) is 16.5 Å². The molecule has 0 aliphatic heterocycles. The fourth-order valence-electron chi connectivity index (χ4n) is 3.17. The fourth-order valence-corrected chi connectivity index (χ4v) is 4.64. The molecule has 0 unspecified atom stereocenters. The Hall–Kier alpha value is -4.70. The van der Waals surface area contributed by atoms with E-state index in [9.17, 15) is 29.8 Å². The summed E-state index contributed by atoms with van der Waals surface area (Å²) >= 11 is 2.32. The lowest BCUT2D eigenvalue weighted by Crippen LogP contribution is -2.24. The van der Waals surface area contributed by atoms with E-state index in [1.807, 2.05) is 0 Å². The molecule has 14 nitrogen and oxygen atoms in total. The van der Waals surface area contributed by atoms with Gasteiger partial charge in [-0.1, -0.05) is 30.0 Å². The maximum absolute atomic E-state index is 12.4. The summed E-state index contributed by atoms with van der Waals surface area (Å²) in [7, 11) is 1.68. The van der Waals surface area contributed by atoms with Gasteiger partial charge in [0.05, 0.1) is 27.8 Å². The minimum atomic E-state index is -0.580. The second kappa shape index (κ2) is 11.6. The molecule has 2 heterocycles. The molecule has 0 atom stereocenters. The van der Waals surface area contributed by atoms with Crippen LogP contribution in [0.25, 0.3) is 11.3 Å². The van der Waals surface area contributed by atoms with Gasteiger partial charge in [-0.25, -0.2) is 4.98 Å². The average Bonchev–Trinajstić information content (AvgIpc) is 3.52. The minimum Gasteiger partial charge on any atom is -0.345 e. The van der Waals surface area contributed by atoms with Gasteiger partial charge in [0.1, 0.15) is 0 Å². The van der Waals surface area contributed by atoms with Crippen LogP contribution in [0, 0.1) is 20.2 Å². The molecule has 0 aliphatic carbocycles. The summed E-state index contributed by atoms with van der Waals surface area (Å²) in [6, 6.07) is 11.4. The summed E-state index contributed by atoms with van der Waals surface area (Å²) in [4.78, 5) is 49.9. The summed E-state index contributed by atoms with van der Waals surface area (Å²) in [6.07, 6.45) is 0. The van der Waals surface area contributed by atoms with Crippen molar-refractivity contribution in [3.63, 3.8) is 0 Å². The van der Waals surface area contributed by atoms with E-state index >= 15 is 0 Å². The SMILES string of the molecule is Cn1c(CNC(=O)c2cccc([N+](=O)[O-])c2)nnc1SCC(=O)Nc1nc(-c2cccc([N+](=O)[O-])c2)cs1. The highest BCUT2D eigenvalue weighted by Crippen LogP contribution is 2.27. The van der Waals surface area contributed by atoms with Gasteiger partial charge in [0.2, 0.25) is 5.91 Å². The third-order valence-electron chi connectivity index (χ3n) is 5.09. The van der Waals surface area contributed by atoms with Crippen molar-refractivity contribution in [1.29, 1.82) is 0 Å². The number of nitrogens with one attached hydrogen (secondary N) is 2. The van der Waals surface area contributed by atoms with Crippen LogP contribution in [-0.4, -0.2) is 47.2 Å². The normalized spacial score (nSPS) is 10.7. The maximum Gasteiger partial charge on any atom is 0.270 e. The third-order valence-corrected chi connectivity index (χ3v) is 6.86. The Labute approximate surface area is 222 Å². The molecule has 194 valence electrons. The van der Waals surface area contributed by atoms with Gasteiger partial charge >= 0.3 is 0 Å². The van der Waals surface area contributed by atoms with E-state index in [0.717, 1.165) is 11.8 Å². The number of thioether (sulfide) groups is 1. The first-order valence-electron chi connectivity index (χ1n) is 10.7.